The lowest BCUT2D eigenvalue weighted by Gasteiger charge is -2.01. The number of fused-ring (bicyclic) bond motifs is 1. The fourth-order valence-corrected chi connectivity index (χ4v) is 1.16. The zero-order chi connectivity index (χ0) is 6.97. The van der Waals surface area contributed by atoms with Gasteiger partial charge in [0.1, 0.15) is 0 Å². The van der Waals surface area contributed by atoms with Crippen molar-refractivity contribution in [1.29, 1.82) is 0 Å². The Morgan fingerprint density at radius 3 is 3.20 bits per heavy atom. The Kier molecular flexibility index (Phi) is 1.01. The fourth-order valence-electron chi connectivity index (χ4n) is 1.16. The van der Waals surface area contributed by atoms with Crippen LogP contribution in [0.1, 0.15) is 22.5 Å². The summed E-state index contributed by atoms with van der Waals surface area (Å²) in [6, 6.07) is 1.91. The van der Waals surface area contributed by atoms with Crippen LogP contribution in [0.25, 0.3) is 6.08 Å². The molecule has 0 unspecified atom stereocenters. The number of Topliss-reactive ketones (excluding diaryl/α,β-unsaturated/α-hetero) is 1. The van der Waals surface area contributed by atoms with Gasteiger partial charge in [-0.3, -0.25) is 4.79 Å². The summed E-state index contributed by atoms with van der Waals surface area (Å²) in [6.07, 6.45) is 6.18. The van der Waals surface area contributed by atoms with Crippen molar-refractivity contribution < 1.29 is 4.79 Å². The minimum Gasteiger partial charge on any atom is -0.358 e. The molecule has 2 heteroatoms. The average molecular weight is 133 g/mol. The summed E-state index contributed by atoms with van der Waals surface area (Å²) in [4.78, 5) is 14.0. The van der Waals surface area contributed by atoms with Crippen LogP contribution < -0.4 is 0 Å². The number of hydrogen-bond donors (Lipinski definition) is 1. The monoisotopic (exact) mass is 133 g/mol. The first-order chi connectivity index (χ1) is 4.88. The summed E-state index contributed by atoms with van der Waals surface area (Å²) in [5, 5.41) is 0. The molecule has 10 heavy (non-hydrogen) atoms. The van der Waals surface area contributed by atoms with E-state index in [1.165, 1.54) is 0 Å². The quantitative estimate of drug-likeness (QED) is 0.573. The van der Waals surface area contributed by atoms with Crippen molar-refractivity contribution in [2.45, 2.75) is 6.42 Å². The molecule has 1 aromatic rings. The number of aromatic nitrogens is 1. The van der Waals surface area contributed by atoms with E-state index < -0.39 is 0 Å². The summed E-state index contributed by atoms with van der Waals surface area (Å²) in [5.74, 6) is 0.183. The molecule has 1 aliphatic carbocycles. The summed E-state index contributed by atoms with van der Waals surface area (Å²) in [6.45, 7) is 0. The molecule has 0 spiro atoms. The van der Waals surface area contributed by atoms with E-state index in [-0.39, 0.29) is 5.78 Å². The molecule has 0 aliphatic heterocycles. The number of rotatable bonds is 0. The lowest BCUT2D eigenvalue weighted by atomic mass is 10.0. The number of carbonyl (C=O) groups is 1. The Labute approximate surface area is 58.6 Å². The van der Waals surface area contributed by atoms with Gasteiger partial charge in [0, 0.05) is 18.2 Å². The number of ketones is 1. The minimum absolute atomic E-state index is 0.183. The van der Waals surface area contributed by atoms with Gasteiger partial charge < -0.3 is 4.98 Å². The van der Waals surface area contributed by atoms with Gasteiger partial charge in [-0.25, -0.2) is 0 Å². The smallest absolute Gasteiger partial charge is 0.183 e. The van der Waals surface area contributed by atoms with E-state index in [1.54, 1.807) is 6.20 Å². The largest absolute Gasteiger partial charge is 0.358 e. The zero-order valence-corrected chi connectivity index (χ0v) is 5.42. The normalized spacial score (nSPS) is 15.4. The van der Waals surface area contributed by atoms with Crippen LogP contribution in [0.15, 0.2) is 18.3 Å². The molecule has 2 nitrogen and oxygen atoms in total. The van der Waals surface area contributed by atoms with Crippen LogP contribution in [0.2, 0.25) is 0 Å². The van der Waals surface area contributed by atoms with Crippen molar-refractivity contribution in [2.75, 3.05) is 0 Å². The van der Waals surface area contributed by atoms with Gasteiger partial charge >= 0.3 is 0 Å². The topological polar surface area (TPSA) is 32.9 Å². The van der Waals surface area contributed by atoms with E-state index in [4.69, 9.17) is 0 Å². The molecule has 1 aliphatic rings. The molecular formula is C8H7NO. The number of H-pyrrole nitrogens is 1. The van der Waals surface area contributed by atoms with Crippen LogP contribution in [0, 0.1) is 0 Å². The Morgan fingerprint density at radius 2 is 2.40 bits per heavy atom. The van der Waals surface area contributed by atoms with E-state index in [2.05, 4.69) is 4.98 Å². The second-order valence-corrected chi connectivity index (χ2v) is 2.34. The maximum absolute atomic E-state index is 11.1. The highest BCUT2D eigenvalue weighted by molar-refractivity contribution is 6.01. The highest BCUT2D eigenvalue weighted by Gasteiger charge is 2.12. The van der Waals surface area contributed by atoms with Crippen LogP contribution >= 0.6 is 0 Å². The molecule has 1 N–H and O–H groups in total. The van der Waals surface area contributed by atoms with Gasteiger partial charge in [0.2, 0.25) is 0 Å². The van der Waals surface area contributed by atoms with Crippen LogP contribution in [-0.2, 0) is 0 Å². The number of hydrogen-bond acceptors (Lipinski definition) is 1. The van der Waals surface area contributed by atoms with Gasteiger partial charge in [-0.15, -0.1) is 0 Å². The number of nitrogens with one attached hydrogen (secondary N) is 1. The van der Waals surface area contributed by atoms with Gasteiger partial charge in [0.25, 0.3) is 0 Å². The van der Waals surface area contributed by atoms with E-state index in [0.29, 0.717) is 6.42 Å². The Bertz CT molecular complexity index is 296. The second-order valence-electron chi connectivity index (χ2n) is 2.34. The molecule has 1 heterocycles. The van der Waals surface area contributed by atoms with Crippen molar-refractivity contribution in [1.82, 2.24) is 4.98 Å². The predicted octanol–water partition coefficient (Wildman–Crippen LogP) is 1.61. The molecule has 1 aromatic heterocycles. The molecule has 0 saturated heterocycles. The Hall–Kier alpha value is -1.31. The second kappa shape index (κ2) is 1.84. The minimum atomic E-state index is 0.183. The maximum Gasteiger partial charge on any atom is 0.183 e. The maximum atomic E-state index is 11.1. The van der Waals surface area contributed by atoms with Crippen LogP contribution in [0.4, 0.5) is 0 Å². The van der Waals surface area contributed by atoms with E-state index in [9.17, 15) is 4.79 Å². The number of aromatic amines is 1. The molecule has 0 fully saturated rings. The van der Waals surface area contributed by atoms with Crippen LogP contribution in [0.3, 0.4) is 0 Å². The standard InChI is InChI=1S/C8H7NO/c10-7-3-1-2-6-4-5-9-8(6)7/h1-2,4-5,9H,3H2. The van der Waals surface area contributed by atoms with Crippen LogP contribution in [-0.4, -0.2) is 10.8 Å². The first-order valence-corrected chi connectivity index (χ1v) is 3.25. The van der Waals surface area contributed by atoms with Gasteiger partial charge in [0.05, 0.1) is 5.69 Å². The number of allylic oxidation sites excluding steroid dienone is 1. The highest BCUT2D eigenvalue weighted by Crippen LogP contribution is 2.16. The summed E-state index contributed by atoms with van der Waals surface area (Å²) in [7, 11) is 0. The lowest BCUT2D eigenvalue weighted by molar-refractivity contribution is 0.0990. The van der Waals surface area contributed by atoms with Gasteiger partial charge in [-0.1, -0.05) is 12.2 Å². The molecular weight excluding hydrogens is 126 g/mol. The molecule has 50 valence electrons. The first kappa shape index (κ1) is 5.47. The van der Waals surface area contributed by atoms with Crippen molar-refractivity contribution in [3.63, 3.8) is 0 Å². The van der Waals surface area contributed by atoms with E-state index in [1.807, 2.05) is 18.2 Å². The average Bonchev–Trinajstić information content (AvgIpc) is 2.36. The van der Waals surface area contributed by atoms with Gasteiger partial charge in [-0.2, -0.15) is 0 Å². The highest BCUT2D eigenvalue weighted by atomic mass is 16.1. The van der Waals surface area contributed by atoms with Crippen molar-refractivity contribution in [3.05, 3.63) is 29.6 Å². The van der Waals surface area contributed by atoms with Crippen LogP contribution in [0.5, 0.6) is 0 Å². The van der Waals surface area contributed by atoms with Gasteiger partial charge in [0.15, 0.2) is 5.78 Å². The van der Waals surface area contributed by atoms with Crippen molar-refractivity contribution in [2.24, 2.45) is 0 Å². The fraction of sp³-hybridized carbons (Fsp3) is 0.125. The van der Waals surface area contributed by atoms with Crippen molar-refractivity contribution >= 4 is 11.9 Å². The molecule has 0 amide bonds. The zero-order valence-electron chi connectivity index (χ0n) is 5.42. The molecule has 0 radical (unpaired) electrons. The van der Waals surface area contributed by atoms with Gasteiger partial charge in [-0.05, 0) is 6.07 Å². The van der Waals surface area contributed by atoms with E-state index in [0.717, 1.165) is 11.3 Å². The summed E-state index contributed by atoms with van der Waals surface area (Å²) in [5.41, 5.74) is 1.76. The SMILES string of the molecule is O=C1CC=Cc2cc[nH]c21. The third kappa shape index (κ3) is 0.620. The molecule has 0 bridgehead atoms. The van der Waals surface area contributed by atoms with E-state index >= 15 is 0 Å². The Balaban J connectivity index is 2.62. The lowest BCUT2D eigenvalue weighted by Crippen LogP contribution is -2.02. The number of carbonyl (C=O) groups excluding carboxylic acids is 1. The molecule has 2 rings (SSSR count). The predicted molar refractivity (Wildman–Crippen MR) is 38.8 cm³/mol. The van der Waals surface area contributed by atoms with Crippen molar-refractivity contribution in [3.8, 4) is 0 Å². The summed E-state index contributed by atoms with van der Waals surface area (Å²) >= 11 is 0. The third-order valence-electron chi connectivity index (χ3n) is 1.66. The third-order valence-corrected chi connectivity index (χ3v) is 1.66. The first-order valence-electron chi connectivity index (χ1n) is 3.25. The molecule has 0 saturated carbocycles. The Morgan fingerprint density at radius 1 is 1.50 bits per heavy atom. The summed E-state index contributed by atoms with van der Waals surface area (Å²) < 4.78 is 0. The molecule has 0 aromatic carbocycles. The molecule has 0 atom stereocenters.